The van der Waals surface area contributed by atoms with Gasteiger partial charge in [-0.2, -0.15) is 0 Å². The third kappa shape index (κ3) is 6.69. The zero-order chi connectivity index (χ0) is 9.40. The lowest BCUT2D eigenvalue weighted by molar-refractivity contribution is 0.417. The monoisotopic (exact) mass is 170 g/mol. The largest absolute Gasteiger partial charge is 0.0651 e. The fraction of sp³-hybridized carbons (Fsp3) is 1.00. The number of hydrogen-bond donors (Lipinski definition) is 0. The van der Waals surface area contributed by atoms with E-state index >= 15 is 0 Å². The molecule has 0 radical (unpaired) electrons. The maximum atomic E-state index is 2.32. The first kappa shape index (κ1) is 12.0. The van der Waals surface area contributed by atoms with Crippen molar-refractivity contribution in [2.75, 3.05) is 0 Å². The Morgan fingerprint density at radius 2 is 1.33 bits per heavy atom. The quantitative estimate of drug-likeness (QED) is 0.488. The number of rotatable bonds is 7. The lowest BCUT2D eigenvalue weighted by atomic mass is 9.95. The predicted molar refractivity (Wildman–Crippen MR) is 57.4 cm³/mol. The molecule has 0 saturated heterocycles. The minimum Gasteiger partial charge on any atom is -0.0651 e. The first-order chi connectivity index (χ1) is 5.70. The lowest BCUT2D eigenvalue weighted by Gasteiger charge is -2.11. The molecule has 0 rings (SSSR count). The summed E-state index contributed by atoms with van der Waals surface area (Å²) in [6, 6.07) is 0. The van der Waals surface area contributed by atoms with Crippen LogP contribution in [-0.4, -0.2) is 0 Å². The maximum Gasteiger partial charge on any atom is -0.0420 e. The third-order valence-electron chi connectivity index (χ3n) is 2.80. The van der Waals surface area contributed by atoms with E-state index < -0.39 is 0 Å². The van der Waals surface area contributed by atoms with Crippen molar-refractivity contribution in [3.05, 3.63) is 0 Å². The Hall–Kier alpha value is 0. The molecule has 0 saturated carbocycles. The van der Waals surface area contributed by atoms with E-state index in [0.717, 1.165) is 11.8 Å². The summed E-state index contributed by atoms with van der Waals surface area (Å²) in [7, 11) is 0. The van der Waals surface area contributed by atoms with Gasteiger partial charge in [0, 0.05) is 0 Å². The van der Waals surface area contributed by atoms with Gasteiger partial charge in [0.2, 0.25) is 0 Å². The van der Waals surface area contributed by atoms with Gasteiger partial charge in [-0.25, -0.2) is 0 Å². The summed E-state index contributed by atoms with van der Waals surface area (Å²) in [6.45, 7) is 9.27. The Morgan fingerprint density at radius 3 is 1.75 bits per heavy atom. The molecule has 74 valence electrons. The van der Waals surface area contributed by atoms with Crippen LogP contribution in [0.1, 0.15) is 66.2 Å². The standard InChI is InChI=1S/C12H26/c1-5-12(6-2)10-8-7-9-11(3)4/h11-12H,5-10H2,1-4H3. The Morgan fingerprint density at radius 1 is 0.833 bits per heavy atom. The zero-order valence-electron chi connectivity index (χ0n) is 9.40. The summed E-state index contributed by atoms with van der Waals surface area (Å²) in [6.07, 6.45) is 8.51. The van der Waals surface area contributed by atoms with E-state index in [-0.39, 0.29) is 0 Å². The van der Waals surface area contributed by atoms with Gasteiger partial charge in [-0.3, -0.25) is 0 Å². The van der Waals surface area contributed by atoms with E-state index in [0.29, 0.717) is 0 Å². The van der Waals surface area contributed by atoms with Crippen molar-refractivity contribution in [1.29, 1.82) is 0 Å². The summed E-state index contributed by atoms with van der Waals surface area (Å²) in [5.74, 6) is 1.89. The second-order valence-electron chi connectivity index (χ2n) is 4.36. The highest BCUT2D eigenvalue weighted by molar-refractivity contribution is 4.55. The van der Waals surface area contributed by atoms with Crippen molar-refractivity contribution in [2.45, 2.75) is 66.2 Å². The average molecular weight is 170 g/mol. The van der Waals surface area contributed by atoms with Gasteiger partial charge in [0.25, 0.3) is 0 Å². The molecule has 0 aliphatic heterocycles. The van der Waals surface area contributed by atoms with E-state index in [1.165, 1.54) is 38.5 Å². The molecule has 0 unspecified atom stereocenters. The molecular weight excluding hydrogens is 144 g/mol. The van der Waals surface area contributed by atoms with Gasteiger partial charge in [-0.15, -0.1) is 0 Å². The van der Waals surface area contributed by atoms with Crippen molar-refractivity contribution < 1.29 is 0 Å². The molecule has 0 heteroatoms. The van der Waals surface area contributed by atoms with Crippen LogP contribution in [0, 0.1) is 11.8 Å². The lowest BCUT2D eigenvalue weighted by Crippen LogP contribution is -1.97. The van der Waals surface area contributed by atoms with Gasteiger partial charge < -0.3 is 0 Å². The molecular formula is C12H26. The van der Waals surface area contributed by atoms with Gasteiger partial charge in [0.05, 0.1) is 0 Å². The fourth-order valence-corrected chi connectivity index (χ4v) is 1.68. The van der Waals surface area contributed by atoms with Crippen LogP contribution in [0.4, 0.5) is 0 Å². The van der Waals surface area contributed by atoms with Gasteiger partial charge in [0.1, 0.15) is 0 Å². The fourth-order valence-electron chi connectivity index (χ4n) is 1.68. The van der Waals surface area contributed by atoms with E-state index in [4.69, 9.17) is 0 Å². The van der Waals surface area contributed by atoms with Crippen molar-refractivity contribution in [3.63, 3.8) is 0 Å². The molecule has 0 nitrogen and oxygen atoms in total. The van der Waals surface area contributed by atoms with Crippen LogP contribution in [-0.2, 0) is 0 Å². The first-order valence-corrected chi connectivity index (χ1v) is 5.70. The van der Waals surface area contributed by atoms with E-state index in [1.807, 2.05) is 0 Å². The SMILES string of the molecule is CCC(CC)CCCCC(C)C. The summed E-state index contributed by atoms with van der Waals surface area (Å²) in [5.41, 5.74) is 0. The summed E-state index contributed by atoms with van der Waals surface area (Å²) >= 11 is 0. The minimum atomic E-state index is 0.895. The molecule has 0 heterocycles. The van der Waals surface area contributed by atoms with Gasteiger partial charge in [-0.05, 0) is 11.8 Å². The molecule has 0 amide bonds. The highest BCUT2D eigenvalue weighted by Gasteiger charge is 2.02. The van der Waals surface area contributed by atoms with Crippen LogP contribution in [0.2, 0.25) is 0 Å². The molecule has 0 N–H and O–H groups in total. The summed E-state index contributed by atoms with van der Waals surface area (Å²) in [5, 5.41) is 0. The maximum absolute atomic E-state index is 2.32. The Bertz CT molecular complexity index is 80.0. The Kier molecular flexibility index (Phi) is 7.64. The van der Waals surface area contributed by atoms with E-state index in [1.54, 1.807) is 0 Å². The van der Waals surface area contributed by atoms with Crippen molar-refractivity contribution in [2.24, 2.45) is 11.8 Å². The van der Waals surface area contributed by atoms with Crippen molar-refractivity contribution in [3.8, 4) is 0 Å². The Balaban J connectivity index is 3.17. The van der Waals surface area contributed by atoms with Gasteiger partial charge in [0.15, 0.2) is 0 Å². The summed E-state index contributed by atoms with van der Waals surface area (Å²) in [4.78, 5) is 0. The Labute approximate surface area is 78.8 Å². The molecule has 0 bridgehead atoms. The van der Waals surface area contributed by atoms with Crippen LogP contribution in [0.3, 0.4) is 0 Å². The van der Waals surface area contributed by atoms with Crippen LogP contribution < -0.4 is 0 Å². The molecule has 0 atom stereocenters. The van der Waals surface area contributed by atoms with Gasteiger partial charge in [-0.1, -0.05) is 66.2 Å². The topological polar surface area (TPSA) is 0 Å². The smallest absolute Gasteiger partial charge is 0.0420 e. The van der Waals surface area contributed by atoms with Crippen LogP contribution in [0.5, 0.6) is 0 Å². The predicted octanol–water partition coefficient (Wildman–Crippen LogP) is 4.64. The molecule has 12 heavy (non-hydrogen) atoms. The van der Waals surface area contributed by atoms with Crippen molar-refractivity contribution in [1.82, 2.24) is 0 Å². The van der Waals surface area contributed by atoms with Crippen molar-refractivity contribution >= 4 is 0 Å². The number of unbranched alkanes of at least 4 members (excludes halogenated alkanes) is 1. The normalized spacial score (nSPS) is 11.5. The summed E-state index contributed by atoms with van der Waals surface area (Å²) < 4.78 is 0. The van der Waals surface area contributed by atoms with Crippen LogP contribution in [0.25, 0.3) is 0 Å². The molecule has 0 aromatic heterocycles. The molecule has 0 aromatic rings. The first-order valence-electron chi connectivity index (χ1n) is 5.70. The molecule has 0 spiro atoms. The number of hydrogen-bond acceptors (Lipinski definition) is 0. The third-order valence-corrected chi connectivity index (χ3v) is 2.80. The second kappa shape index (κ2) is 7.64. The minimum absolute atomic E-state index is 0.895. The molecule has 0 aromatic carbocycles. The highest BCUT2D eigenvalue weighted by Crippen LogP contribution is 2.17. The molecule has 0 aliphatic rings. The van der Waals surface area contributed by atoms with Gasteiger partial charge >= 0.3 is 0 Å². The average Bonchev–Trinajstić information content (AvgIpc) is 2.04. The van der Waals surface area contributed by atoms with Crippen LogP contribution in [0.15, 0.2) is 0 Å². The van der Waals surface area contributed by atoms with E-state index in [2.05, 4.69) is 27.7 Å². The molecule has 0 fully saturated rings. The van der Waals surface area contributed by atoms with Crippen LogP contribution >= 0.6 is 0 Å². The molecule has 0 aliphatic carbocycles. The highest BCUT2D eigenvalue weighted by atomic mass is 14.1. The second-order valence-corrected chi connectivity index (χ2v) is 4.36. The van der Waals surface area contributed by atoms with E-state index in [9.17, 15) is 0 Å². The zero-order valence-corrected chi connectivity index (χ0v) is 9.40.